The SMILES string of the molecule is CCc1nc(N2CCCCC2CCN)cc(=O)[nH]1. The largest absolute Gasteiger partial charge is 0.353 e. The number of H-pyrrole nitrogens is 1. The first-order chi connectivity index (χ1) is 8.74. The van der Waals surface area contributed by atoms with Crippen molar-refractivity contribution in [3.63, 3.8) is 0 Å². The van der Waals surface area contributed by atoms with Crippen LogP contribution < -0.4 is 16.2 Å². The fourth-order valence-electron chi connectivity index (χ4n) is 2.60. The summed E-state index contributed by atoms with van der Waals surface area (Å²) in [6.45, 7) is 3.66. The van der Waals surface area contributed by atoms with E-state index in [9.17, 15) is 4.79 Å². The number of anilines is 1. The second-order valence-electron chi connectivity index (χ2n) is 4.82. The van der Waals surface area contributed by atoms with Gasteiger partial charge in [0.2, 0.25) is 0 Å². The summed E-state index contributed by atoms with van der Waals surface area (Å²) in [7, 11) is 0. The van der Waals surface area contributed by atoms with E-state index < -0.39 is 0 Å². The molecule has 0 bridgehead atoms. The highest BCUT2D eigenvalue weighted by atomic mass is 16.1. The zero-order valence-electron chi connectivity index (χ0n) is 11.0. The number of hydrogen-bond donors (Lipinski definition) is 2. The van der Waals surface area contributed by atoms with E-state index in [-0.39, 0.29) is 5.56 Å². The summed E-state index contributed by atoms with van der Waals surface area (Å²) in [4.78, 5) is 21.2. The molecule has 0 aromatic carbocycles. The first-order valence-electron chi connectivity index (χ1n) is 6.81. The van der Waals surface area contributed by atoms with Crippen LogP contribution in [0.25, 0.3) is 0 Å². The van der Waals surface area contributed by atoms with E-state index in [1.54, 1.807) is 6.07 Å². The minimum Gasteiger partial charge on any atom is -0.353 e. The molecule has 1 aliphatic rings. The van der Waals surface area contributed by atoms with Gasteiger partial charge in [-0.1, -0.05) is 6.92 Å². The number of aromatic nitrogens is 2. The molecule has 1 aliphatic heterocycles. The number of nitrogens with zero attached hydrogens (tertiary/aromatic N) is 2. The molecule has 0 amide bonds. The molecule has 1 aromatic rings. The second-order valence-corrected chi connectivity index (χ2v) is 4.82. The number of nitrogens with two attached hydrogens (primary N) is 1. The lowest BCUT2D eigenvalue weighted by molar-refractivity contribution is 0.438. The summed E-state index contributed by atoms with van der Waals surface area (Å²) in [6.07, 6.45) is 5.27. The van der Waals surface area contributed by atoms with Gasteiger partial charge in [0.05, 0.1) is 0 Å². The molecule has 0 aliphatic carbocycles. The molecule has 1 saturated heterocycles. The Balaban J connectivity index is 2.27. The van der Waals surface area contributed by atoms with Crippen molar-refractivity contribution in [1.82, 2.24) is 9.97 Å². The van der Waals surface area contributed by atoms with Crippen LogP contribution in [0.1, 0.15) is 38.4 Å². The van der Waals surface area contributed by atoms with Gasteiger partial charge in [-0.2, -0.15) is 0 Å². The minimum atomic E-state index is -0.0612. The van der Waals surface area contributed by atoms with Crippen molar-refractivity contribution in [2.75, 3.05) is 18.0 Å². The molecule has 0 spiro atoms. The van der Waals surface area contributed by atoms with Gasteiger partial charge in [-0.05, 0) is 32.2 Å². The highest BCUT2D eigenvalue weighted by molar-refractivity contribution is 5.39. The van der Waals surface area contributed by atoms with Crippen LogP contribution in [0.5, 0.6) is 0 Å². The van der Waals surface area contributed by atoms with Crippen LogP contribution >= 0.6 is 0 Å². The van der Waals surface area contributed by atoms with Crippen molar-refractivity contribution in [2.45, 2.75) is 45.1 Å². The average Bonchev–Trinajstić information content (AvgIpc) is 2.39. The summed E-state index contributed by atoms with van der Waals surface area (Å²) >= 11 is 0. The fraction of sp³-hybridized carbons (Fsp3) is 0.692. The smallest absolute Gasteiger partial charge is 0.252 e. The van der Waals surface area contributed by atoms with Crippen molar-refractivity contribution in [3.8, 4) is 0 Å². The number of aromatic amines is 1. The van der Waals surface area contributed by atoms with Crippen LogP contribution in [-0.2, 0) is 6.42 Å². The second kappa shape index (κ2) is 6.00. The maximum absolute atomic E-state index is 11.6. The molecule has 18 heavy (non-hydrogen) atoms. The average molecular weight is 250 g/mol. The Kier molecular flexibility index (Phi) is 4.36. The van der Waals surface area contributed by atoms with Crippen LogP contribution in [0.2, 0.25) is 0 Å². The molecule has 2 heterocycles. The van der Waals surface area contributed by atoms with Gasteiger partial charge in [0.15, 0.2) is 0 Å². The van der Waals surface area contributed by atoms with Gasteiger partial charge >= 0.3 is 0 Å². The number of aryl methyl sites for hydroxylation is 1. The molecule has 1 aromatic heterocycles. The zero-order chi connectivity index (χ0) is 13.0. The van der Waals surface area contributed by atoms with E-state index in [2.05, 4.69) is 14.9 Å². The molecule has 5 heteroatoms. The predicted molar refractivity (Wildman–Crippen MR) is 72.9 cm³/mol. The van der Waals surface area contributed by atoms with Gasteiger partial charge in [0, 0.05) is 25.1 Å². The van der Waals surface area contributed by atoms with Crippen LogP contribution in [0, 0.1) is 0 Å². The van der Waals surface area contributed by atoms with Gasteiger partial charge < -0.3 is 15.6 Å². The summed E-state index contributed by atoms with van der Waals surface area (Å²) in [6, 6.07) is 2.04. The lowest BCUT2D eigenvalue weighted by Crippen LogP contribution is -2.42. The monoisotopic (exact) mass is 250 g/mol. The van der Waals surface area contributed by atoms with Gasteiger partial charge in [0.1, 0.15) is 11.6 Å². The molecule has 100 valence electrons. The van der Waals surface area contributed by atoms with Crippen LogP contribution in [0.4, 0.5) is 5.82 Å². The molecule has 1 atom stereocenters. The van der Waals surface area contributed by atoms with Crippen molar-refractivity contribution in [3.05, 3.63) is 22.2 Å². The first-order valence-corrected chi connectivity index (χ1v) is 6.81. The lowest BCUT2D eigenvalue weighted by atomic mass is 9.99. The molecule has 1 fully saturated rings. The Morgan fingerprint density at radius 1 is 1.56 bits per heavy atom. The first kappa shape index (κ1) is 13.1. The minimum absolute atomic E-state index is 0.0612. The standard InChI is InChI=1S/C13H22N4O/c1-2-11-15-12(9-13(18)16-11)17-8-4-3-5-10(17)6-7-14/h9-10H,2-8,14H2,1H3,(H,15,16,18). The Labute approximate surface area is 107 Å². The number of hydrogen-bond acceptors (Lipinski definition) is 4. The lowest BCUT2D eigenvalue weighted by Gasteiger charge is -2.36. The summed E-state index contributed by atoms with van der Waals surface area (Å²) in [5.74, 6) is 1.57. The van der Waals surface area contributed by atoms with E-state index in [0.717, 1.165) is 43.9 Å². The summed E-state index contributed by atoms with van der Waals surface area (Å²) in [5, 5.41) is 0. The molecule has 0 saturated carbocycles. The Morgan fingerprint density at radius 3 is 3.11 bits per heavy atom. The van der Waals surface area contributed by atoms with Crippen molar-refractivity contribution < 1.29 is 0 Å². The molecule has 1 unspecified atom stereocenters. The van der Waals surface area contributed by atoms with E-state index >= 15 is 0 Å². The van der Waals surface area contributed by atoms with Crippen molar-refractivity contribution >= 4 is 5.82 Å². The summed E-state index contributed by atoms with van der Waals surface area (Å²) < 4.78 is 0. The Bertz CT molecular complexity index is 441. The maximum Gasteiger partial charge on any atom is 0.252 e. The molecular weight excluding hydrogens is 228 g/mol. The van der Waals surface area contributed by atoms with Gasteiger partial charge in [-0.15, -0.1) is 0 Å². The highest BCUT2D eigenvalue weighted by Gasteiger charge is 2.23. The van der Waals surface area contributed by atoms with Gasteiger partial charge in [-0.3, -0.25) is 4.79 Å². The van der Waals surface area contributed by atoms with E-state index in [0.29, 0.717) is 12.6 Å². The molecule has 3 N–H and O–H groups in total. The Morgan fingerprint density at radius 2 is 2.39 bits per heavy atom. The maximum atomic E-state index is 11.6. The topological polar surface area (TPSA) is 75.0 Å². The molecular formula is C13H22N4O. The van der Waals surface area contributed by atoms with E-state index in [1.165, 1.54) is 6.42 Å². The predicted octanol–water partition coefficient (Wildman–Crippen LogP) is 1.04. The third-order valence-electron chi connectivity index (χ3n) is 3.53. The van der Waals surface area contributed by atoms with Crippen LogP contribution in [0.15, 0.2) is 10.9 Å². The zero-order valence-corrected chi connectivity index (χ0v) is 11.0. The van der Waals surface area contributed by atoms with E-state index in [1.807, 2.05) is 6.92 Å². The van der Waals surface area contributed by atoms with Crippen molar-refractivity contribution in [1.29, 1.82) is 0 Å². The normalized spacial score (nSPS) is 20.1. The molecule has 5 nitrogen and oxygen atoms in total. The van der Waals surface area contributed by atoms with Crippen LogP contribution in [-0.4, -0.2) is 29.1 Å². The highest BCUT2D eigenvalue weighted by Crippen LogP contribution is 2.23. The third kappa shape index (κ3) is 2.90. The number of piperidine rings is 1. The number of nitrogens with one attached hydrogen (secondary N) is 1. The van der Waals surface area contributed by atoms with Crippen LogP contribution in [0.3, 0.4) is 0 Å². The number of rotatable bonds is 4. The molecule has 2 rings (SSSR count). The fourth-order valence-corrected chi connectivity index (χ4v) is 2.60. The Hall–Kier alpha value is -1.36. The quantitative estimate of drug-likeness (QED) is 0.837. The van der Waals surface area contributed by atoms with Gasteiger partial charge in [0.25, 0.3) is 5.56 Å². The van der Waals surface area contributed by atoms with E-state index in [4.69, 9.17) is 5.73 Å². The van der Waals surface area contributed by atoms with Crippen molar-refractivity contribution in [2.24, 2.45) is 5.73 Å². The molecule has 0 radical (unpaired) electrons. The van der Waals surface area contributed by atoms with Gasteiger partial charge in [-0.25, -0.2) is 4.98 Å². The third-order valence-corrected chi connectivity index (χ3v) is 3.53. The summed E-state index contributed by atoms with van der Waals surface area (Å²) in [5.41, 5.74) is 5.61.